The van der Waals surface area contributed by atoms with Gasteiger partial charge in [0.25, 0.3) is 0 Å². The maximum atomic E-state index is 13.9. The third-order valence-electron chi connectivity index (χ3n) is 8.48. The summed E-state index contributed by atoms with van der Waals surface area (Å²) in [6.07, 6.45) is 7.84. The van der Waals surface area contributed by atoms with Crippen molar-refractivity contribution >= 4 is 55.9 Å². The quantitative estimate of drug-likeness (QED) is 0.205. The van der Waals surface area contributed by atoms with Crippen LogP contribution in [0.4, 0.5) is 32.8 Å². The van der Waals surface area contributed by atoms with E-state index in [0.717, 1.165) is 42.9 Å². The lowest BCUT2D eigenvalue weighted by Crippen LogP contribution is -2.12. The lowest BCUT2D eigenvalue weighted by atomic mass is 10.0. The number of nitrogens with zero attached hydrogens (tertiary/aromatic N) is 2. The Morgan fingerprint density at radius 2 is 1.38 bits per heavy atom. The average molecular weight is 565 g/mol. The first kappa shape index (κ1) is 25.1. The summed E-state index contributed by atoms with van der Waals surface area (Å²) in [6.45, 7) is 1.02. The lowest BCUT2D eigenvalue weighted by Gasteiger charge is -2.26. The summed E-state index contributed by atoms with van der Waals surface area (Å²) in [5.41, 5.74) is 10.7. The lowest BCUT2D eigenvalue weighted by molar-refractivity contribution is 0.628. The van der Waals surface area contributed by atoms with Crippen molar-refractivity contribution in [3.05, 3.63) is 143 Å². The Kier molecular flexibility index (Phi) is 6.15. The fraction of sp³-hybridized carbons (Fsp3) is 0.105. The molecule has 2 aliphatic rings. The van der Waals surface area contributed by atoms with Crippen molar-refractivity contribution in [3.63, 3.8) is 0 Å². The van der Waals surface area contributed by atoms with Crippen LogP contribution < -0.4 is 9.80 Å². The Morgan fingerprint density at radius 1 is 0.690 bits per heavy atom. The van der Waals surface area contributed by atoms with Crippen molar-refractivity contribution < 1.29 is 4.39 Å². The molecule has 8 rings (SSSR count). The fourth-order valence-corrected chi connectivity index (χ4v) is 7.55. The van der Waals surface area contributed by atoms with Crippen LogP contribution in [-0.2, 0) is 12.8 Å². The number of allylic oxidation sites excluding steroid dienone is 1. The zero-order chi connectivity index (χ0) is 28.0. The summed E-state index contributed by atoms with van der Waals surface area (Å²) in [4.78, 5) is 6.08. The van der Waals surface area contributed by atoms with Crippen molar-refractivity contribution in [2.24, 2.45) is 0 Å². The smallest absolute Gasteiger partial charge is 0.123 e. The second-order valence-electron chi connectivity index (χ2n) is 11.0. The maximum absolute atomic E-state index is 13.9. The molecule has 0 fully saturated rings. The molecule has 0 N–H and O–H groups in total. The minimum atomic E-state index is -0.234. The summed E-state index contributed by atoms with van der Waals surface area (Å²) in [5.74, 6) is -0.234. The summed E-state index contributed by atoms with van der Waals surface area (Å²) in [6, 6.07) is 39.7. The molecule has 5 aromatic carbocycles. The van der Waals surface area contributed by atoms with Gasteiger partial charge in [-0.2, -0.15) is 0 Å². The second-order valence-corrected chi connectivity index (χ2v) is 12.1. The van der Waals surface area contributed by atoms with Gasteiger partial charge < -0.3 is 9.80 Å². The van der Waals surface area contributed by atoms with Crippen LogP contribution in [0.3, 0.4) is 0 Å². The third-order valence-corrected chi connectivity index (χ3v) is 9.72. The topological polar surface area (TPSA) is 6.48 Å². The maximum Gasteiger partial charge on any atom is 0.123 e. The molecule has 204 valence electrons. The molecular formula is C38H29FN2S. The zero-order valence-corrected chi connectivity index (χ0v) is 23.9. The van der Waals surface area contributed by atoms with Crippen LogP contribution in [0, 0.1) is 5.82 Å². The van der Waals surface area contributed by atoms with E-state index in [2.05, 4.69) is 113 Å². The molecule has 0 saturated heterocycles. The number of para-hydroxylation sites is 1. The molecule has 1 aliphatic carbocycles. The molecule has 4 heteroatoms. The van der Waals surface area contributed by atoms with Gasteiger partial charge in [0.05, 0.1) is 0 Å². The molecule has 0 radical (unpaired) electrons. The molecule has 6 aromatic rings. The van der Waals surface area contributed by atoms with Crippen molar-refractivity contribution in [1.29, 1.82) is 0 Å². The number of hydrogen-bond donors (Lipinski definition) is 0. The van der Waals surface area contributed by atoms with Gasteiger partial charge in [0, 0.05) is 49.9 Å². The molecule has 2 heterocycles. The highest BCUT2D eigenvalue weighted by Crippen LogP contribution is 2.42. The van der Waals surface area contributed by atoms with E-state index in [1.54, 1.807) is 0 Å². The number of rotatable bonds is 5. The predicted molar refractivity (Wildman–Crippen MR) is 176 cm³/mol. The Labute approximate surface area is 249 Å². The number of aryl methyl sites for hydroxylation is 1. The van der Waals surface area contributed by atoms with Crippen LogP contribution in [0.2, 0.25) is 0 Å². The number of benzene rings is 5. The van der Waals surface area contributed by atoms with E-state index in [-0.39, 0.29) is 5.82 Å². The van der Waals surface area contributed by atoms with Gasteiger partial charge in [0.2, 0.25) is 0 Å². The van der Waals surface area contributed by atoms with E-state index in [1.165, 1.54) is 60.7 Å². The van der Waals surface area contributed by atoms with Crippen molar-refractivity contribution in [2.45, 2.75) is 19.3 Å². The van der Waals surface area contributed by atoms with Gasteiger partial charge in [-0.05, 0) is 114 Å². The summed E-state index contributed by atoms with van der Waals surface area (Å²) in [5, 5.41) is 1.29. The van der Waals surface area contributed by atoms with Gasteiger partial charge in [0.15, 0.2) is 0 Å². The molecule has 0 unspecified atom stereocenters. The molecule has 42 heavy (non-hydrogen) atoms. The third kappa shape index (κ3) is 4.40. The van der Waals surface area contributed by atoms with Crippen LogP contribution in [0.15, 0.2) is 121 Å². The summed E-state index contributed by atoms with van der Waals surface area (Å²) in [7, 11) is 0. The predicted octanol–water partition coefficient (Wildman–Crippen LogP) is 10.8. The first-order valence-electron chi connectivity index (χ1n) is 14.5. The highest BCUT2D eigenvalue weighted by atomic mass is 32.1. The van der Waals surface area contributed by atoms with Crippen molar-refractivity contribution in [3.8, 4) is 11.1 Å². The normalized spacial score (nSPS) is 13.8. The van der Waals surface area contributed by atoms with Gasteiger partial charge >= 0.3 is 0 Å². The standard InChI is InChI=1S/C38H29FN2S/c39-29-13-19-32(20-14-29)41(33-21-22-38-35(25-33)34-6-2-4-8-37(34)42-38)31-17-11-27(12-18-31)26-9-15-30(16-10-26)40-24-23-28-5-1-3-7-36(28)40/h1-3,5-7,9-22,25H,4,8,23-24H2. The van der Waals surface area contributed by atoms with E-state index >= 15 is 0 Å². The van der Waals surface area contributed by atoms with Crippen LogP contribution in [0.1, 0.15) is 22.4 Å². The van der Waals surface area contributed by atoms with Gasteiger partial charge in [-0.25, -0.2) is 4.39 Å². The van der Waals surface area contributed by atoms with Crippen LogP contribution in [0.25, 0.3) is 27.3 Å². The Morgan fingerprint density at radius 3 is 2.17 bits per heavy atom. The molecule has 0 amide bonds. The van der Waals surface area contributed by atoms with Crippen molar-refractivity contribution in [1.82, 2.24) is 0 Å². The molecule has 2 nitrogen and oxygen atoms in total. The van der Waals surface area contributed by atoms with Crippen LogP contribution in [0.5, 0.6) is 0 Å². The first-order valence-corrected chi connectivity index (χ1v) is 15.4. The van der Waals surface area contributed by atoms with E-state index in [0.29, 0.717) is 0 Å². The molecule has 0 atom stereocenters. The Balaban J connectivity index is 1.13. The number of fused-ring (bicyclic) bond motifs is 4. The average Bonchev–Trinajstić information content (AvgIpc) is 3.64. The Bertz CT molecular complexity index is 1940. The highest BCUT2D eigenvalue weighted by molar-refractivity contribution is 7.19. The fourth-order valence-electron chi connectivity index (χ4n) is 6.36. The highest BCUT2D eigenvalue weighted by Gasteiger charge is 2.20. The monoisotopic (exact) mass is 564 g/mol. The van der Waals surface area contributed by atoms with Gasteiger partial charge in [0.1, 0.15) is 5.82 Å². The number of halogens is 1. The van der Waals surface area contributed by atoms with Gasteiger partial charge in [-0.3, -0.25) is 0 Å². The molecule has 1 aromatic heterocycles. The minimum absolute atomic E-state index is 0.234. The Hall–Kier alpha value is -4.67. The minimum Gasteiger partial charge on any atom is -0.341 e. The van der Waals surface area contributed by atoms with E-state index in [4.69, 9.17) is 0 Å². The van der Waals surface area contributed by atoms with E-state index in [1.807, 2.05) is 23.5 Å². The summed E-state index contributed by atoms with van der Waals surface area (Å²) >= 11 is 1.90. The number of anilines is 5. The zero-order valence-electron chi connectivity index (χ0n) is 23.1. The first-order chi connectivity index (χ1) is 20.7. The molecule has 0 bridgehead atoms. The molecular weight excluding hydrogens is 535 g/mol. The molecule has 0 spiro atoms. The SMILES string of the molecule is Fc1ccc(N(c2ccc(-c3ccc(N4CCc5ccccc54)cc3)cc2)c2ccc3sc4c(c3c2)C=CCC4)cc1. The number of thiophene rings is 1. The van der Waals surface area contributed by atoms with Crippen molar-refractivity contribution in [2.75, 3.05) is 16.3 Å². The second kappa shape index (κ2) is 10.3. The van der Waals surface area contributed by atoms with Gasteiger partial charge in [-0.15, -0.1) is 11.3 Å². The summed E-state index contributed by atoms with van der Waals surface area (Å²) < 4.78 is 15.2. The van der Waals surface area contributed by atoms with Gasteiger partial charge in [-0.1, -0.05) is 54.6 Å². The number of hydrogen-bond acceptors (Lipinski definition) is 3. The van der Waals surface area contributed by atoms with Crippen LogP contribution >= 0.6 is 11.3 Å². The molecule has 0 saturated carbocycles. The van der Waals surface area contributed by atoms with Crippen LogP contribution in [-0.4, -0.2) is 6.54 Å². The largest absolute Gasteiger partial charge is 0.341 e. The van der Waals surface area contributed by atoms with E-state index < -0.39 is 0 Å². The van der Waals surface area contributed by atoms with E-state index in [9.17, 15) is 4.39 Å². The molecule has 1 aliphatic heterocycles.